The van der Waals surface area contributed by atoms with Crippen LogP contribution in [0.2, 0.25) is 5.15 Å². The van der Waals surface area contributed by atoms with Crippen LogP contribution in [0.5, 0.6) is 0 Å². The van der Waals surface area contributed by atoms with Crippen LogP contribution in [0.4, 0.5) is 0 Å². The fourth-order valence-corrected chi connectivity index (χ4v) is 4.10. The molecule has 1 atom stereocenters. The lowest BCUT2D eigenvalue weighted by atomic mass is 10.1. The number of halogens is 1. The molecule has 1 fully saturated rings. The SMILES string of the molecule is CC1(C)CC1c1nc(Cl)c2c(-c3ccccc3)csc2n1. The van der Waals surface area contributed by atoms with E-state index in [1.165, 1.54) is 0 Å². The number of rotatable bonds is 2. The summed E-state index contributed by atoms with van der Waals surface area (Å²) in [5, 5.41) is 3.69. The first-order chi connectivity index (χ1) is 10.1. The van der Waals surface area contributed by atoms with Crippen molar-refractivity contribution >= 4 is 33.2 Å². The first kappa shape index (κ1) is 13.2. The lowest BCUT2D eigenvalue weighted by molar-refractivity contribution is 0.609. The van der Waals surface area contributed by atoms with Crippen LogP contribution in [0.25, 0.3) is 21.3 Å². The Kier molecular flexibility index (Phi) is 2.85. The minimum Gasteiger partial charge on any atom is -0.222 e. The lowest BCUT2D eigenvalue weighted by Gasteiger charge is -2.05. The van der Waals surface area contributed by atoms with E-state index in [4.69, 9.17) is 16.6 Å². The molecule has 1 aliphatic carbocycles. The van der Waals surface area contributed by atoms with Gasteiger partial charge in [-0.05, 0) is 17.4 Å². The molecule has 0 bridgehead atoms. The maximum Gasteiger partial charge on any atom is 0.142 e. The van der Waals surface area contributed by atoms with E-state index in [9.17, 15) is 0 Å². The molecule has 0 spiro atoms. The normalized spacial score (nSPS) is 19.9. The maximum absolute atomic E-state index is 6.48. The predicted octanol–water partition coefficient (Wildman–Crippen LogP) is 5.53. The van der Waals surface area contributed by atoms with Crippen LogP contribution in [0.3, 0.4) is 0 Å². The first-order valence-corrected chi connectivity index (χ1v) is 8.32. The molecule has 0 radical (unpaired) electrons. The number of thiophene rings is 1. The van der Waals surface area contributed by atoms with Crippen LogP contribution in [0.15, 0.2) is 35.7 Å². The molecule has 1 saturated carbocycles. The van der Waals surface area contributed by atoms with Gasteiger partial charge in [0, 0.05) is 16.9 Å². The summed E-state index contributed by atoms with van der Waals surface area (Å²) < 4.78 is 0. The summed E-state index contributed by atoms with van der Waals surface area (Å²) in [4.78, 5) is 10.3. The molecule has 1 unspecified atom stereocenters. The number of hydrogen-bond donors (Lipinski definition) is 0. The van der Waals surface area contributed by atoms with Gasteiger partial charge < -0.3 is 0 Å². The molecule has 1 aliphatic rings. The number of aromatic nitrogens is 2. The maximum atomic E-state index is 6.48. The van der Waals surface area contributed by atoms with Crippen LogP contribution in [-0.4, -0.2) is 9.97 Å². The topological polar surface area (TPSA) is 25.8 Å². The van der Waals surface area contributed by atoms with E-state index >= 15 is 0 Å². The Morgan fingerprint density at radius 1 is 1.19 bits per heavy atom. The average Bonchev–Trinajstić information content (AvgIpc) is 2.92. The number of benzene rings is 1. The Bertz CT molecular complexity index is 823. The van der Waals surface area contributed by atoms with E-state index in [-0.39, 0.29) is 0 Å². The molecule has 0 amide bonds. The second kappa shape index (κ2) is 4.52. The molecular formula is C17H15ClN2S. The second-order valence-electron chi connectivity index (χ2n) is 6.31. The van der Waals surface area contributed by atoms with Crippen LogP contribution < -0.4 is 0 Å². The highest BCUT2D eigenvalue weighted by atomic mass is 35.5. The zero-order chi connectivity index (χ0) is 14.6. The van der Waals surface area contributed by atoms with Gasteiger partial charge in [0.1, 0.15) is 15.8 Å². The van der Waals surface area contributed by atoms with Gasteiger partial charge >= 0.3 is 0 Å². The molecule has 2 heterocycles. The van der Waals surface area contributed by atoms with Crippen LogP contribution in [-0.2, 0) is 0 Å². The van der Waals surface area contributed by atoms with Gasteiger partial charge in [0.25, 0.3) is 0 Å². The van der Waals surface area contributed by atoms with E-state index in [2.05, 4.69) is 36.3 Å². The molecule has 0 saturated heterocycles. The molecule has 2 aromatic heterocycles. The van der Waals surface area contributed by atoms with Gasteiger partial charge in [-0.25, -0.2) is 9.97 Å². The number of hydrogen-bond acceptors (Lipinski definition) is 3. The summed E-state index contributed by atoms with van der Waals surface area (Å²) in [5.41, 5.74) is 2.60. The fraction of sp³-hybridized carbons (Fsp3) is 0.294. The van der Waals surface area contributed by atoms with E-state index in [0.29, 0.717) is 16.5 Å². The Morgan fingerprint density at radius 2 is 1.90 bits per heavy atom. The molecule has 2 nitrogen and oxygen atoms in total. The second-order valence-corrected chi connectivity index (χ2v) is 7.53. The standard InChI is InChI=1S/C17H15ClN2S/c1-17(2)8-12(17)15-19-14(18)13-11(9-21-16(13)20-15)10-6-4-3-5-7-10/h3-7,9,12H,8H2,1-2H3. The Balaban J connectivity index is 1.87. The molecule has 1 aromatic carbocycles. The van der Waals surface area contributed by atoms with Crippen molar-refractivity contribution in [3.8, 4) is 11.1 Å². The van der Waals surface area contributed by atoms with Gasteiger partial charge in [0.05, 0.1) is 5.39 Å². The van der Waals surface area contributed by atoms with Crippen molar-refractivity contribution in [2.24, 2.45) is 5.41 Å². The minimum atomic E-state index is 0.316. The van der Waals surface area contributed by atoms with Crippen molar-refractivity contribution in [3.63, 3.8) is 0 Å². The fourth-order valence-electron chi connectivity index (χ4n) is 2.81. The van der Waals surface area contributed by atoms with Gasteiger partial charge in [-0.2, -0.15) is 0 Å². The highest BCUT2D eigenvalue weighted by Gasteiger charge is 2.48. The summed E-state index contributed by atoms with van der Waals surface area (Å²) in [6.07, 6.45) is 1.14. The number of nitrogens with zero attached hydrogens (tertiary/aromatic N) is 2. The quantitative estimate of drug-likeness (QED) is 0.582. The van der Waals surface area contributed by atoms with Crippen molar-refractivity contribution in [1.29, 1.82) is 0 Å². The summed E-state index contributed by atoms with van der Waals surface area (Å²) in [6.45, 7) is 4.51. The van der Waals surface area contributed by atoms with Crippen molar-refractivity contribution in [2.45, 2.75) is 26.2 Å². The van der Waals surface area contributed by atoms with Crippen LogP contribution in [0.1, 0.15) is 32.0 Å². The third-order valence-electron chi connectivity index (χ3n) is 4.32. The van der Waals surface area contributed by atoms with Gasteiger partial charge in [0.15, 0.2) is 0 Å². The van der Waals surface area contributed by atoms with Crippen molar-refractivity contribution in [2.75, 3.05) is 0 Å². The third kappa shape index (κ3) is 2.16. The molecule has 0 aliphatic heterocycles. The van der Waals surface area contributed by atoms with Crippen LogP contribution in [0, 0.1) is 5.41 Å². The van der Waals surface area contributed by atoms with Gasteiger partial charge in [-0.1, -0.05) is 55.8 Å². The van der Waals surface area contributed by atoms with Crippen molar-refractivity contribution in [3.05, 3.63) is 46.7 Å². The monoisotopic (exact) mass is 314 g/mol. The highest BCUT2D eigenvalue weighted by molar-refractivity contribution is 7.17. The summed E-state index contributed by atoms with van der Waals surface area (Å²) in [5.74, 6) is 1.35. The van der Waals surface area contributed by atoms with E-state index in [0.717, 1.165) is 33.6 Å². The van der Waals surface area contributed by atoms with E-state index in [1.54, 1.807) is 11.3 Å². The van der Waals surface area contributed by atoms with Crippen molar-refractivity contribution < 1.29 is 0 Å². The predicted molar refractivity (Wildman–Crippen MR) is 89.0 cm³/mol. The zero-order valence-corrected chi connectivity index (χ0v) is 13.5. The first-order valence-electron chi connectivity index (χ1n) is 7.06. The molecule has 3 aromatic rings. The number of fused-ring (bicyclic) bond motifs is 1. The van der Waals surface area contributed by atoms with E-state index < -0.39 is 0 Å². The van der Waals surface area contributed by atoms with Crippen LogP contribution >= 0.6 is 22.9 Å². The summed E-state index contributed by atoms with van der Waals surface area (Å²) in [6, 6.07) is 10.3. The molecule has 0 N–H and O–H groups in total. The van der Waals surface area contributed by atoms with Gasteiger partial charge in [-0.15, -0.1) is 11.3 Å². The molecule has 4 heteroatoms. The molecular weight excluding hydrogens is 300 g/mol. The zero-order valence-electron chi connectivity index (χ0n) is 11.9. The van der Waals surface area contributed by atoms with Crippen molar-refractivity contribution in [1.82, 2.24) is 9.97 Å². The lowest BCUT2D eigenvalue weighted by Crippen LogP contribution is -1.97. The largest absolute Gasteiger partial charge is 0.222 e. The summed E-state index contributed by atoms with van der Waals surface area (Å²) in [7, 11) is 0. The van der Waals surface area contributed by atoms with E-state index in [1.807, 2.05) is 18.2 Å². The highest BCUT2D eigenvalue weighted by Crippen LogP contribution is 2.58. The average molecular weight is 315 g/mol. The van der Waals surface area contributed by atoms with Gasteiger partial charge in [-0.3, -0.25) is 0 Å². The minimum absolute atomic E-state index is 0.316. The third-order valence-corrected chi connectivity index (χ3v) is 5.46. The Hall–Kier alpha value is -1.45. The Morgan fingerprint density at radius 3 is 2.57 bits per heavy atom. The molecule has 4 rings (SSSR count). The summed E-state index contributed by atoms with van der Waals surface area (Å²) >= 11 is 8.13. The smallest absolute Gasteiger partial charge is 0.142 e. The molecule has 106 valence electrons. The molecule has 21 heavy (non-hydrogen) atoms. The van der Waals surface area contributed by atoms with Gasteiger partial charge in [0.2, 0.25) is 0 Å². The Labute approximate surface area is 132 Å².